The largest absolute Gasteiger partial charge is 0.493 e. The summed E-state index contributed by atoms with van der Waals surface area (Å²) >= 11 is 0. The molecule has 1 heterocycles. The molecule has 0 saturated carbocycles. The molecule has 0 unspecified atom stereocenters. The monoisotopic (exact) mass is 553 g/mol. The standard InChI is InChI=1S/C28H35F4N3O4/c1-17(2)26-27(38)34-23(24(36)16-33-15-18-6-5-7-20(10-18)28(30,31)32)13-19-11-21(29)14-22(12-19)39-9-4-3-8-25(37)35-26/h5-7,10-12,14,17,23-24,26,33,36H,3-4,8-9,13,15-16H2,1-2H3,(H,34,38)(H,35,37)/t23-,24+,26+/m0/s1. The molecule has 0 spiro atoms. The summed E-state index contributed by atoms with van der Waals surface area (Å²) in [4.78, 5) is 25.7. The van der Waals surface area contributed by atoms with Crippen LogP contribution in [0.1, 0.15) is 49.8 Å². The van der Waals surface area contributed by atoms with Gasteiger partial charge in [0.25, 0.3) is 0 Å². The first-order valence-electron chi connectivity index (χ1n) is 13.0. The Labute approximate surface area is 225 Å². The Morgan fingerprint density at radius 1 is 1.10 bits per heavy atom. The Bertz CT molecular complexity index is 1130. The molecule has 0 aliphatic carbocycles. The van der Waals surface area contributed by atoms with Crippen molar-refractivity contribution in [2.24, 2.45) is 5.92 Å². The van der Waals surface area contributed by atoms with Gasteiger partial charge in [-0.1, -0.05) is 32.0 Å². The number of hydrogen-bond acceptors (Lipinski definition) is 5. The van der Waals surface area contributed by atoms with Crippen LogP contribution in [0.15, 0.2) is 42.5 Å². The number of aliphatic hydroxyl groups excluding tert-OH is 1. The Kier molecular flexibility index (Phi) is 10.7. The minimum Gasteiger partial charge on any atom is -0.493 e. The summed E-state index contributed by atoms with van der Waals surface area (Å²) in [6, 6.07) is 7.25. The summed E-state index contributed by atoms with van der Waals surface area (Å²) in [6.45, 7) is 3.83. The van der Waals surface area contributed by atoms with Crippen molar-refractivity contribution < 1.29 is 37.0 Å². The molecular formula is C28H35F4N3O4. The number of hydrogen-bond donors (Lipinski definition) is 4. The van der Waals surface area contributed by atoms with E-state index in [0.29, 0.717) is 29.7 Å². The van der Waals surface area contributed by atoms with Gasteiger partial charge in [0.05, 0.1) is 24.3 Å². The van der Waals surface area contributed by atoms with Crippen molar-refractivity contribution >= 4 is 11.8 Å². The maximum atomic E-state index is 14.3. The van der Waals surface area contributed by atoms with Crippen LogP contribution in [0.3, 0.4) is 0 Å². The second kappa shape index (κ2) is 13.7. The molecular weight excluding hydrogens is 518 g/mol. The van der Waals surface area contributed by atoms with Gasteiger partial charge in [-0.25, -0.2) is 4.39 Å². The van der Waals surface area contributed by atoms with E-state index in [1.807, 2.05) is 0 Å². The fourth-order valence-corrected chi connectivity index (χ4v) is 4.35. The normalized spacial score (nSPS) is 20.3. The molecule has 0 fully saturated rings. The molecule has 2 bridgehead atoms. The van der Waals surface area contributed by atoms with Crippen molar-refractivity contribution in [2.75, 3.05) is 13.2 Å². The van der Waals surface area contributed by atoms with Crippen LogP contribution in [0.25, 0.3) is 0 Å². The van der Waals surface area contributed by atoms with Crippen LogP contribution in [0.5, 0.6) is 5.75 Å². The highest BCUT2D eigenvalue weighted by molar-refractivity contribution is 5.88. The SMILES string of the molecule is CC(C)[C@H]1NC(=O)CCCCOc2cc(F)cc(c2)C[C@@H]([C@H](O)CNCc2cccc(C(F)(F)F)c2)NC1=O. The number of nitrogens with one attached hydrogen (secondary N) is 3. The quantitative estimate of drug-likeness (QED) is 0.409. The molecule has 0 radical (unpaired) electrons. The fraction of sp³-hybridized carbons (Fsp3) is 0.500. The van der Waals surface area contributed by atoms with Crippen molar-refractivity contribution in [3.8, 4) is 5.75 Å². The molecule has 0 aromatic heterocycles. The molecule has 1 aliphatic heterocycles. The number of carbonyl (C=O) groups is 2. The van der Waals surface area contributed by atoms with E-state index in [1.54, 1.807) is 19.9 Å². The van der Waals surface area contributed by atoms with E-state index in [0.717, 1.165) is 12.1 Å². The third-order valence-corrected chi connectivity index (χ3v) is 6.45. The number of ether oxygens (including phenoxy) is 1. The van der Waals surface area contributed by atoms with Crippen LogP contribution in [-0.4, -0.2) is 48.3 Å². The maximum Gasteiger partial charge on any atom is 0.416 e. The molecule has 3 rings (SSSR count). The number of halogens is 4. The summed E-state index contributed by atoms with van der Waals surface area (Å²) in [5, 5.41) is 19.5. The van der Waals surface area contributed by atoms with Crippen LogP contribution in [-0.2, 0) is 28.7 Å². The lowest BCUT2D eigenvalue weighted by Gasteiger charge is -2.29. The number of rotatable bonds is 6. The van der Waals surface area contributed by atoms with Crippen molar-refractivity contribution in [2.45, 2.75) is 70.4 Å². The summed E-state index contributed by atoms with van der Waals surface area (Å²) in [6.07, 6.45) is -4.33. The van der Waals surface area contributed by atoms with Crippen LogP contribution in [0.2, 0.25) is 0 Å². The van der Waals surface area contributed by atoms with Gasteiger partial charge in [-0.05, 0) is 54.5 Å². The van der Waals surface area contributed by atoms with E-state index >= 15 is 0 Å². The van der Waals surface area contributed by atoms with Gasteiger partial charge < -0.3 is 25.8 Å². The molecule has 1 aliphatic rings. The highest BCUT2D eigenvalue weighted by atomic mass is 19.4. The Hall–Kier alpha value is -3.18. The Morgan fingerprint density at radius 2 is 1.87 bits per heavy atom. The topological polar surface area (TPSA) is 99.7 Å². The Balaban J connectivity index is 1.79. The maximum absolute atomic E-state index is 14.3. The number of benzene rings is 2. The second-order valence-corrected chi connectivity index (χ2v) is 10.1. The summed E-state index contributed by atoms with van der Waals surface area (Å²) in [5.74, 6) is -1.27. The van der Waals surface area contributed by atoms with Gasteiger partial charge in [-0.2, -0.15) is 13.2 Å². The van der Waals surface area contributed by atoms with Gasteiger partial charge in [0.2, 0.25) is 11.8 Å². The predicted octanol–water partition coefficient (Wildman–Crippen LogP) is 3.73. The molecule has 39 heavy (non-hydrogen) atoms. The lowest BCUT2D eigenvalue weighted by molar-refractivity contribution is -0.137. The number of amides is 2. The van der Waals surface area contributed by atoms with Gasteiger partial charge in [-0.15, -0.1) is 0 Å². The Morgan fingerprint density at radius 3 is 2.59 bits per heavy atom. The second-order valence-electron chi connectivity index (χ2n) is 10.1. The number of carbonyl (C=O) groups excluding carboxylic acids is 2. The lowest BCUT2D eigenvalue weighted by Crippen LogP contribution is -2.56. The number of aliphatic hydroxyl groups is 1. The lowest BCUT2D eigenvalue weighted by atomic mass is 9.98. The zero-order chi connectivity index (χ0) is 28.6. The average molecular weight is 554 g/mol. The van der Waals surface area contributed by atoms with E-state index in [1.165, 1.54) is 24.3 Å². The van der Waals surface area contributed by atoms with Crippen LogP contribution in [0.4, 0.5) is 17.6 Å². The van der Waals surface area contributed by atoms with Gasteiger partial charge in [0.1, 0.15) is 17.6 Å². The molecule has 11 heteroatoms. The van der Waals surface area contributed by atoms with Gasteiger partial charge in [0.15, 0.2) is 0 Å². The van der Waals surface area contributed by atoms with E-state index in [4.69, 9.17) is 4.74 Å². The van der Waals surface area contributed by atoms with Crippen LogP contribution < -0.4 is 20.7 Å². The third kappa shape index (κ3) is 9.50. The zero-order valence-electron chi connectivity index (χ0n) is 22.0. The summed E-state index contributed by atoms with van der Waals surface area (Å²) in [5.41, 5.74) is 0.0761. The summed E-state index contributed by atoms with van der Waals surface area (Å²) < 4.78 is 59.1. The van der Waals surface area contributed by atoms with Crippen molar-refractivity contribution in [3.63, 3.8) is 0 Å². The fourth-order valence-electron chi connectivity index (χ4n) is 4.35. The van der Waals surface area contributed by atoms with E-state index in [-0.39, 0.29) is 44.4 Å². The zero-order valence-corrected chi connectivity index (χ0v) is 22.0. The van der Waals surface area contributed by atoms with Crippen LogP contribution >= 0.6 is 0 Å². The molecule has 0 saturated heterocycles. The van der Waals surface area contributed by atoms with Gasteiger partial charge in [0, 0.05) is 25.6 Å². The highest BCUT2D eigenvalue weighted by Gasteiger charge is 2.31. The molecule has 3 atom stereocenters. The van der Waals surface area contributed by atoms with Crippen molar-refractivity contribution in [3.05, 3.63) is 65.0 Å². The van der Waals surface area contributed by atoms with Crippen molar-refractivity contribution in [1.29, 1.82) is 0 Å². The van der Waals surface area contributed by atoms with E-state index in [2.05, 4.69) is 16.0 Å². The third-order valence-electron chi connectivity index (χ3n) is 6.45. The van der Waals surface area contributed by atoms with Gasteiger partial charge >= 0.3 is 6.18 Å². The van der Waals surface area contributed by atoms with Gasteiger partial charge in [-0.3, -0.25) is 9.59 Å². The highest BCUT2D eigenvalue weighted by Crippen LogP contribution is 2.29. The van der Waals surface area contributed by atoms with Crippen LogP contribution in [0, 0.1) is 11.7 Å². The number of fused-ring (bicyclic) bond motifs is 2. The molecule has 214 valence electrons. The number of alkyl halides is 3. The molecule has 2 aromatic rings. The first-order valence-corrected chi connectivity index (χ1v) is 13.0. The average Bonchev–Trinajstić information content (AvgIpc) is 2.85. The first kappa shape index (κ1) is 30.4. The van der Waals surface area contributed by atoms with Crippen molar-refractivity contribution in [1.82, 2.24) is 16.0 Å². The minimum absolute atomic E-state index is 0.0459. The molecule has 7 nitrogen and oxygen atoms in total. The predicted molar refractivity (Wildman–Crippen MR) is 137 cm³/mol. The summed E-state index contributed by atoms with van der Waals surface area (Å²) in [7, 11) is 0. The van der Waals surface area contributed by atoms with E-state index in [9.17, 15) is 32.3 Å². The molecule has 2 aromatic carbocycles. The molecule has 4 N–H and O–H groups in total. The van der Waals surface area contributed by atoms with E-state index < -0.39 is 41.7 Å². The minimum atomic E-state index is -4.47. The first-order chi connectivity index (χ1) is 18.4. The smallest absolute Gasteiger partial charge is 0.416 e. The molecule has 2 amide bonds.